The third-order valence-corrected chi connectivity index (χ3v) is 2.74. The van der Waals surface area contributed by atoms with E-state index in [-0.39, 0.29) is 11.4 Å². The van der Waals surface area contributed by atoms with Crippen molar-refractivity contribution in [3.8, 4) is 0 Å². The predicted molar refractivity (Wildman–Crippen MR) is 71.8 cm³/mol. The molecule has 0 aromatic rings. The molecule has 0 aromatic carbocycles. The minimum absolute atomic E-state index is 0.0978. The van der Waals surface area contributed by atoms with Gasteiger partial charge in [-0.15, -0.1) is 5.73 Å². The predicted octanol–water partition coefficient (Wildman–Crippen LogP) is 4.11. The highest BCUT2D eigenvalue weighted by Crippen LogP contribution is 2.31. The van der Waals surface area contributed by atoms with Crippen LogP contribution in [0.15, 0.2) is 17.4 Å². The summed E-state index contributed by atoms with van der Waals surface area (Å²) in [4.78, 5) is 11.2. The molecule has 2 nitrogen and oxygen atoms in total. The third kappa shape index (κ3) is 6.33. The molecule has 0 amide bonds. The Kier molecular flexibility index (Phi) is 6.91. The van der Waals surface area contributed by atoms with Gasteiger partial charge in [0.15, 0.2) is 0 Å². The monoisotopic (exact) mass is 238 g/mol. The summed E-state index contributed by atoms with van der Waals surface area (Å²) in [6, 6.07) is 0. The number of rotatable bonds is 5. The topological polar surface area (TPSA) is 26.3 Å². The van der Waals surface area contributed by atoms with Gasteiger partial charge >= 0.3 is 5.97 Å². The molecule has 0 aromatic heterocycles. The molecule has 0 radical (unpaired) electrons. The van der Waals surface area contributed by atoms with Gasteiger partial charge in [-0.25, -0.2) is 0 Å². The fraction of sp³-hybridized carbons (Fsp3) is 0.733. The van der Waals surface area contributed by atoms with E-state index >= 15 is 0 Å². The standard InChI is InChI=1S/C15H26O2/c1-7-12(3)13(15(4,5)6)10-9-11-14(16)17-8-2/h9,12H,7-8,11H2,1-6H3. The Hall–Kier alpha value is -1.01. The van der Waals surface area contributed by atoms with Crippen molar-refractivity contribution in [1.29, 1.82) is 0 Å². The molecule has 17 heavy (non-hydrogen) atoms. The summed E-state index contributed by atoms with van der Waals surface area (Å²) in [6.45, 7) is 13.2. The molecule has 0 fully saturated rings. The SMILES string of the molecule is CCOC(=O)CC=C=C(C(C)CC)C(C)(C)C. The van der Waals surface area contributed by atoms with Crippen molar-refractivity contribution in [2.45, 2.75) is 54.4 Å². The lowest BCUT2D eigenvalue weighted by Gasteiger charge is -2.25. The maximum absolute atomic E-state index is 11.2. The molecule has 0 bridgehead atoms. The highest BCUT2D eigenvalue weighted by atomic mass is 16.5. The quantitative estimate of drug-likeness (QED) is 0.532. The Morgan fingerprint density at radius 3 is 2.35 bits per heavy atom. The van der Waals surface area contributed by atoms with Gasteiger partial charge in [0.1, 0.15) is 0 Å². The molecular weight excluding hydrogens is 212 g/mol. The van der Waals surface area contributed by atoms with E-state index in [1.54, 1.807) is 6.08 Å². The van der Waals surface area contributed by atoms with Crippen molar-refractivity contribution in [3.63, 3.8) is 0 Å². The second-order valence-electron chi connectivity index (χ2n) is 5.33. The molecule has 0 N–H and O–H groups in total. The maximum atomic E-state index is 11.2. The number of hydrogen-bond acceptors (Lipinski definition) is 2. The summed E-state index contributed by atoms with van der Waals surface area (Å²) in [5, 5.41) is 0. The second kappa shape index (κ2) is 7.34. The van der Waals surface area contributed by atoms with Crippen molar-refractivity contribution in [3.05, 3.63) is 17.4 Å². The van der Waals surface area contributed by atoms with Crippen molar-refractivity contribution in [1.82, 2.24) is 0 Å². The van der Waals surface area contributed by atoms with Gasteiger partial charge in [-0.05, 0) is 36.3 Å². The molecule has 0 saturated heterocycles. The largest absolute Gasteiger partial charge is 0.466 e. The van der Waals surface area contributed by atoms with E-state index in [1.807, 2.05) is 6.92 Å². The Bertz CT molecular complexity index is 301. The Morgan fingerprint density at radius 1 is 1.35 bits per heavy atom. The Balaban J connectivity index is 4.81. The first-order chi connectivity index (χ1) is 7.82. The van der Waals surface area contributed by atoms with E-state index in [9.17, 15) is 4.79 Å². The van der Waals surface area contributed by atoms with Crippen LogP contribution in [0.5, 0.6) is 0 Å². The number of esters is 1. The van der Waals surface area contributed by atoms with Crippen LogP contribution in [0.2, 0.25) is 0 Å². The highest BCUT2D eigenvalue weighted by Gasteiger charge is 2.20. The van der Waals surface area contributed by atoms with Gasteiger partial charge in [-0.2, -0.15) is 0 Å². The molecule has 1 atom stereocenters. The molecular formula is C15H26O2. The van der Waals surface area contributed by atoms with Crippen LogP contribution in [0.3, 0.4) is 0 Å². The van der Waals surface area contributed by atoms with E-state index < -0.39 is 0 Å². The summed E-state index contributed by atoms with van der Waals surface area (Å²) >= 11 is 0. The zero-order chi connectivity index (χ0) is 13.5. The van der Waals surface area contributed by atoms with Crippen molar-refractivity contribution >= 4 is 5.97 Å². The van der Waals surface area contributed by atoms with Crippen LogP contribution in [-0.4, -0.2) is 12.6 Å². The molecule has 0 aliphatic heterocycles. The van der Waals surface area contributed by atoms with E-state index in [1.165, 1.54) is 5.57 Å². The van der Waals surface area contributed by atoms with Crippen LogP contribution in [-0.2, 0) is 9.53 Å². The molecule has 0 aliphatic carbocycles. The van der Waals surface area contributed by atoms with Crippen molar-refractivity contribution in [2.75, 3.05) is 6.61 Å². The van der Waals surface area contributed by atoms with Gasteiger partial charge < -0.3 is 4.74 Å². The van der Waals surface area contributed by atoms with E-state index in [4.69, 9.17) is 4.74 Å². The average Bonchev–Trinajstić information content (AvgIpc) is 2.22. The fourth-order valence-electron chi connectivity index (χ4n) is 1.77. The second-order valence-corrected chi connectivity index (χ2v) is 5.33. The van der Waals surface area contributed by atoms with Crippen molar-refractivity contribution < 1.29 is 9.53 Å². The summed E-state index contributed by atoms with van der Waals surface area (Å²) in [5.41, 5.74) is 4.66. The summed E-state index contributed by atoms with van der Waals surface area (Å²) in [5.74, 6) is 0.311. The number of carbonyl (C=O) groups excluding carboxylic acids is 1. The molecule has 0 heterocycles. The fourth-order valence-corrected chi connectivity index (χ4v) is 1.77. The third-order valence-electron chi connectivity index (χ3n) is 2.74. The first kappa shape index (κ1) is 16.0. The van der Waals surface area contributed by atoms with E-state index in [2.05, 4.69) is 40.3 Å². The van der Waals surface area contributed by atoms with Gasteiger partial charge in [0.2, 0.25) is 0 Å². The Morgan fingerprint density at radius 2 is 1.94 bits per heavy atom. The molecule has 1 unspecified atom stereocenters. The van der Waals surface area contributed by atoms with Crippen LogP contribution in [0.25, 0.3) is 0 Å². The van der Waals surface area contributed by atoms with Crippen molar-refractivity contribution in [2.24, 2.45) is 11.3 Å². The zero-order valence-electron chi connectivity index (χ0n) is 12.1. The smallest absolute Gasteiger partial charge is 0.310 e. The van der Waals surface area contributed by atoms with Crippen LogP contribution < -0.4 is 0 Å². The molecule has 2 heteroatoms. The number of ether oxygens (including phenoxy) is 1. The maximum Gasteiger partial charge on any atom is 0.310 e. The lowest BCUT2D eigenvalue weighted by atomic mass is 9.79. The summed E-state index contributed by atoms with van der Waals surface area (Å²) < 4.78 is 4.88. The van der Waals surface area contributed by atoms with Gasteiger partial charge in [0.05, 0.1) is 13.0 Å². The van der Waals surface area contributed by atoms with Gasteiger partial charge in [0.25, 0.3) is 0 Å². The average molecular weight is 238 g/mol. The minimum atomic E-state index is -0.183. The minimum Gasteiger partial charge on any atom is -0.466 e. The highest BCUT2D eigenvalue weighted by molar-refractivity contribution is 5.71. The molecule has 0 aliphatic rings. The summed E-state index contributed by atoms with van der Waals surface area (Å²) in [6.07, 6.45) is 3.20. The molecule has 0 rings (SSSR count). The van der Waals surface area contributed by atoms with Crippen LogP contribution in [0, 0.1) is 11.3 Å². The van der Waals surface area contributed by atoms with E-state index in [0.717, 1.165) is 6.42 Å². The lowest BCUT2D eigenvalue weighted by molar-refractivity contribution is -0.142. The first-order valence-corrected chi connectivity index (χ1v) is 6.44. The van der Waals surface area contributed by atoms with Gasteiger partial charge in [0, 0.05) is 0 Å². The number of hydrogen-bond donors (Lipinski definition) is 0. The normalized spacial score (nSPS) is 12.6. The van der Waals surface area contributed by atoms with Crippen LogP contribution in [0.4, 0.5) is 0 Å². The Labute approximate surface area is 106 Å². The zero-order valence-corrected chi connectivity index (χ0v) is 12.1. The van der Waals surface area contributed by atoms with Gasteiger partial charge in [-0.3, -0.25) is 4.79 Å². The first-order valence-electron chi connectivity index (χ1n) is 6.44. The van der Waals surface area contributed by atoms with E-state index in [0.29, 0.717) is 18.9 Å². The summed E-state index contributed by atoms with van der Waals surface area (Å²) in [7, 11) is 0. The molecule has 0 spiro atoms. The number of carbonyl (C=O) groups is 1. The van der Waals surface area contributed by atoms with Crippen LogP contribution >= 0.6 is 0 Å². The van der Waals surface area contributed by atoms with Gasteiger partial charge in [-0.1, -0.05) is 34.6 Å². The van der Waals surface area contributed by atoms with Crippen LogP contribution in [0.1, 0.15) is 54.4 Å². The molecule has 98 valence electrons. The molecule has 0 saturated carbocycles. The lowest BCUT2D eigenvalue weighted by Crippen LogP contribution is -2.15.